The average molecular weight is 307 g/mol. The Kier molecular flexibility index (Phi) is 6.70. The number of hydrogen-bond acceptors (Lipinski definition) is 5. The van der Waals surface area contributed by atoms with Crippen molar-refractivity contribution in [3.63, 3.8) is 0 Å². The molecule has 0 aromatic heterocycles. The zero-order valence-corrected chi connectivity index (χ0v) is 13.2. The molecule has 0 saturated carbocycles. The van der Waals surface area contributed by atoms with Gasteiger partial charge in [-0.05, 0) is 39.7 Å². The maximum absolute atomic E-state index is 12.3. The Morgan fingerprint density at radius 2 is 2.20 bits per heavy atom. The summed E-state index contributed by atoms with van der Waals surface area (Å²) >= 11 is 0. The second-order valence-electron chi connectivity index (χ2n) is 5.17. The first-order valence-corrected chi connectivity index (χ1v) is 8.51. The van der Waals surface area contributed by atoms with Crippen LogP contribution in [0, 0.1) is 0 Å². The summed E-state index contributed by atoms with van der Waals surface area (Å²) in [6.45, 7) is 7.14. The molecule has 1 aliphatic rings. The largest absolute Gasteiger partial charge is 0.446 e. The van der Waals surface area contributed by atoms with Crippen molar-refractivity contribution in [2.45, 2.75) is 52.2 Å². The van der Waals surface area contributed by atoms with Gasteiger partial charge in [-0.2, -0.15) is 12.7 Å². The Morgan fingerprint density at radius 1 is 1.50 bits per heavy atom. The van der Waals surface area contributed by atoms with Gasteiger partial charge in [0.05, 0.1) is 6.10 Å². The van der Waals surface area contributed by atoms with Crippen LogP contribution in [-0.4, -0.2) is 50.6 Å². The highest BCUT2D eigenvalue weighted by molar-refractivity contribution is 7.87. The van der Waals surface area contributed by atoms with E-state index in [1.807, 2.05) is 11.6 Å². The van der Waals surface area contributed by atoms with Crippen LogP contribution in [0.15, 0.2) is 0 Å². The highest BCUT2D eigenvalue weighted by Gasteiger charge is 2.32. The number of hydrogen-bond donors (Lipinski definition) is 2. The van der Waals surface area contributed by atoms with Crippen molar-refractivity contribution in [1.82, 2.24) is 14.3 Å². The maximum atomic E-state index is 12.3. The van der Waals surface area contributed by atoms with Crippen LogP contribution in [0.1, 0.15) is 40.0 Å². The smallest absolute Gasteiger partial charge is 0.422 e. The highest BCUT2D eigenvalue weighted by Crippen LogP contribution is 2.14. The normalized spacial score (nSPS) is 20.1. The lowest BCUT2D eigenvalue weighted by Gasteiger charge is -2.33. The molecule has 7 nitrogen and oxygen atoms in total. The van der Waals surface area contributed by atoms with Crippen LogP contribution in [0.25, 0.3) is 0 Å². The fraction of sp³-hybridized carbons (Fsp3) is 0.917. The van der Waals surface area contributed by atoms with Gasteiger partial charge in [-0.1, -0.05) is 6.92 Å². The van der Waals surface area contributed by atoms with Crippen molar-refractivity contribution in [1.29, 1.82) is 0 Å². The molecular formula is C12H25N3O4S. The van der Waals surface area contributed by atoms with Gasteiger partial charge in [0.15, 0.2) is 0 Å². The van der Waals surface area contributed by atoms with Crippen LogP contribution in [0.3, 0.4) is 0 Å². The van der Waals surface area contributed by atoms with Crippen LogP contribution in [-0.2, 0) is 14.9 Å². The standard InChI is InChI=1S/C12H25N3O4S/c1-4-8-15(11-6-5-7-13-9-11)20(17,18)14-12(16)19-10(2)3/h10-11,13H,4-9H2,1-3H3,(H,14,16). The summed E-state index contributed by atoms with van der Waals surface area (Å²) in [6, 6.07) is -0.118. The zero-order chi connectivity index (χ0) is 15.2. The molecule has 0 aromatic carbocycles. The lowest BCUT2D eigenvalue weighted by atomic mass is 10.1. The highest BCUT2D eigenvalue weighted by atomic mass is 32.2. The van der Waals surface area contributed by atoms with Gasteiger partial charge < -0.3 is 10.1 Å². The molecule has 1 aliphatic heterocycles. The number of amides is 1. The molecule has 1 heterocycles. The third-order valence-corrected chi connectivity index (χ3v) is 4.51. The third-order valence-electron chi connectivity index (χ3n) is 2.99. The molecule has 8 heteroatoms. The van der Waals surface area contributed by atoms with E-state index >= 15 is 0 Å². The van der Waals surface area contributed by atoms with Crippen molar-refractivity contribution in [2.24, 2.45) is 0 Å². The minimum Gasteiger partial charge on any atom is -0.446 e. The van der Waals surface area contributed by atoms with E-state index < -0.39 is 16.3 Å². The number of nitrogens with one attached hydrogen (secondary N) is 2. The van der Waals surface area contributed by atoms with Crippen molar-refractivity contribution in [3.05, 3.63) is 0 Å². The van der Waals surface area contributed by atoms with Gasteiger partial charge in [-0.3, -0.25) is 0 Å². The van der Waals surface area contributed by atoms with E-state index in [1.54, 1.807) is 13.8 Å². The topological polar surface area (TPSA) is 87.7 Å². The number of ether oxygens (including phenoxy) is 1. The van der Waals surface area contributed by atoms with Crippen molar-refractivity contribution >= 4 is 16.3 Å². The van der Waals surface area contributed by atoms with Gasteiger partial charge in [-0.25, -0.2) is 9.52 Å². The Balaban J connectivity index is 2.74. The molecule has 1 saturated heterocycles. The fourth-order valence-electron chi connectivity index (χ4n) is 2.20. The summed E-state index contributed by atoms with van der Waals surface area (Å²) in [5.41, 5.74) is 0. The molecule has 1 unspecified atom stereocenters. The summed E-state index contributed by atoms with van der Waals surface area (Å²) in [6.07, 6.45) is 1.13. The van der Waals surface area contributed by atoms with E-state index in [0.717, 1.165) is 19.4 Å². The van der Waals surface area contributed by atoms with Crippen LogP contribution in [0.4, 0.5) is 4.79 Å². The van der Waals surface area contributed by atoms with Crippen LogP contribution in [0.2, 0.25) is 0 Å². The minimum absolute atomic E-state index is 0.118. The fourth-order valence-corrected chi connectivity index (χ4v) is 3.57. The molecule has 20 heavy (non-hydrogen) atoms. The molecule has 118 valence electrons. The van der Waals surface area contributed by atoms with E-state index in [-0.39, 0.29) is 12.1 Å². The van der Waals surface area contributed by atoms with Gasteiger partial charge >= 0.3 is 16.3 Å². The van der Waals surface area contributed by atoms with Crippen LogP contribution < -0.4 is 10.0 Å². The zero-order valence-electron chi connectivity index (χ0n) is 12.4. The molecule has 0 bridgehead atoms. The Morgan fingerprint density at radius 3 is 2.70 bits per heavy atom. The first kappa shape index (κ1) is 17.2. The molecule has 1 amide bonds. The van der Waals surface area contributed by atoms with Gasteiger partial charge in [-0.15, -0.1) is 0 Å². The number of nitrogens with zero attached hydrogens (tertiary/aromatic N) is 1. The lowest BCUT2D eigenvalue weighted by molar-refractivity contribution is 0.120. The number of piperidine rings is 1. The summed E-state index contributed by atoms with van der Waals surface area (Å²) in [5.74, 6) is 0. The van der Waals surface area contributed by atoms with Gasteiger partial charge in [0.2, 0.25) is 0 Å². The minimum atomic E-state index is -3.86. The molecular weight excluding hydrogens is 282 g/mol. The molecule has 0 aliphatic carbocycles. The van der Waals surface area contributed by atoms with Crippen molar-refractivity contribution in [3.8, 4) is 0 Å². The van der Waals surface area contributed by atoms with E-state index in [2.05, 4.69) is 5.32 Å². The summed E-state index contributed by atoms with van der Waals surface area (Å²) < 4.78 is 32.8. The van der Waals surface area contributed by atoms with Gasteiger partial charge in [0.25, 0.3) is 0 Å². The monoisotopic (exact) mass is 307 g/mol. The van der Waals surface area contributed by atoms with Gasteiger partial charge in [0.1, 0.15) is 0 Å². The summed E-state index contributed by atoms with van der Waals surface area (Å²) in [5, 5.41) is 3.18. The Labute approximate surface area is 121 Å². The van der Waals surface area contributed by atoms with Crippen molar-refractivity contribution < 1.29 is 17.9 Å². The van der Waals surface area contributed by atoms with E-state index in [0.29, 0.717) is 19.5 Å². The average Bonchev–Trinajstić information content (AvgIpc) is 2.35. The number of carbonyl (C=O) groups excluding carboxylic acids is 1. The van der Waals surface area contributed by atoms with Crippen LogP contribution >= 0.6 is 0 Å². The predicted molar refractivity (Wildman–Crippen MR) is 76.6 cm³/mol. The molecule has 0 aromatic rings. The lowest BCUT2D eigenvalue weighted by Crippen LogP contribution is -2.53. The molecule has 1 atom stereocenters. The van der Waals surface area contributed by atoms with E-state index in [1.165, 1.54) is 4.31 Å². The molecule has 2 N–H and O–H groups in total. The Bertz CT molecular complexity index is 405. The molecule has 1 fully saturated rings. The molecule has 0 spiro atoms. The predicted octanol–water partition coefficient (Wildman–Crippen LogP) is 0.830. The van der Waals surface area contributed by atoms with E-state index in [4.69, 9.17) is 4.74 Å². The second-order valence-corrected chi connectivity index (χ2v) is 6.80. The third kappa shape index (κ3) is 5.26. The summed E-state index contributed by atoms with van der Waals surface area (Å²) in [4.78, 5) is 11.5. The maximum Gasteiger partial charge on any atom is 0.422 e. The van der Waals surface area contributed by atoms with E-state index in [9.17, 15) is 13.2 Å². The quantitative estimate of drug-likeness (QED) is 0.759. The Hall–Kier alpha value is -0.860. The van der Waals surface area contributed by atoms with Gasteiger partial charge in [0, 0.05) is 19.1 Å². The second kappa shape index (κ2) is 7.80. The first-order chi connectivity index (χ1) is 9.36. The van der Waals surface area contributed by atoms with Crippen LogP contribution in [0.5, 0.6) is 0 Å². The first-order valence-electron chi connectivity index (χ1n) is 7.07. The molecule has 0 radical (unpaired) electrons. The summed E-state index contributed by atoms with van der Waals surface area (Å²) in [7, 11) is -3.86. The number of carbonyl (C=O) groups is 1. The number of rotatable bonds is 6. The molecule has 1 rings (SSSR count). The van der Waals surface area contributed by atoms with Crippen molar-refractivity contribution in [2.75, 3.05) is 19.6 Å². The SMILES string of the molecule is CCCN(C1CCCNC1)S(=O)(=O)NC(=O)OC(C)C.